The number of nitrogens with zero attached hydrogens (tertiary/aromatic N) is 4. The minimum absolute atomic E-state index is 0.642. The maximum atomic E-state index is 10.1. The molecule has 0 aliphatic rings. The Kier molecular flexibility index (Phi) is 6.84. The van der Waals surface area contributed by atoms with Gasteiger partial charge in [-0.2, -0.15) is 5.26 Å². The van der Waals surface area contributed by atoms with Crippen molar-refractivity contribution < 1.29 is 0 Å². The number of nitriles is 1. The van der Waals surface area contributed by atoms with Crippen LogP contribution >= 0.6 is 0 Å². The number of para-hydroxylation sites is 3. The summed E-state index contributed by atoms with van der Waals surface area (Å²) in [4.78, 5) is 5.09. The minimum atomic E-state index is 0.642. The summed E-state index contributed by atoms with van der Waals surface area (Å²) < 4.78 is 4.65. The van der Waals surface area contributed by atoms with Crippen molar-refractivity contribution in [2.24, 2.45) is 0 Å². The summed E-state index contributed by atoms with van der Waals surface area (Å²) >= 11 is 0. The lowest BCUT2D eigenvalue weighted by molar-refractivity contribution is 1.16. The average Bonchev–Trinajstić information content (AvgIpc) is 3.74. The summed E-state index contributed by atoms with van der Waals surface area (Å²) in [7, 11) is 0. The molecule has 0 fully saturated rings. The molecule has 0 saturated carbocycles. The van der Waals surface area contributed by atoms with Gasteiger partial charge in [0.15, 0.2) is 0 Å². The van der Waals surface area contributed by atoms with E-state index in [9.17, 15) is 5.26 Å². The Balaban J connectivity index is 1.20. The first-order valence-electron chi connectivity index (χ1n) is 17.5. The third kappa shape index (κ3) is 4.65. The minimum Gasteiger partial charge on any atom is -0.309 e. The summed E-state index contributed by atoms with van der Waals surface area (Å²) in [6.45, 7) is 0. The Morgan fingerprint density at radius 1 is 0.423 bits per heavy atom. The highest BCUT2D eigenvalue weighted by atomic mass is 15.0. The predicted molar refractivity (Wildman–Crippen MR) is 214 cm³/mol. The normalized spacial score (nSPS) is 11.4. The van der Waals surface area contributed by atoms with Crippen molar-refractivity contribution in [3.63, 3.8) is 0 Å². The summed E-state index contributed by atoms with van der Waals surface area (Å²) in [5, 5.41) is 14.8. The zero-order valence-electron chi connectivity index (χ0n) is 28.1. The highest BCUT2D eigenvalue weighted by Gasteiger charge is 2.21. The zero-order valence-corrected chi connectivity index (χ0v) is 28.1. The van der Waals surface area contributed by atoms with Crippen molar-refractivity contribution in [3.05, 3.63) is 188 Å². The van der Waals surface area contributed by atoms with E-state index in [0.717, 1.165) is 77.9 Å². The van der Waals surface area contributed by atoms with Gasteiger partial charge in [0.05, 0.1) is 44.7 Å². The van der Waals surface area contributed by atoms with E-state index in [4.69, 9.17) is 4.98 Å². The third-order valence-electron chi connectivity index (χ3n) is 10.2. The van der Waals surface area contributed by atoms with Gasteiger partial charge in [-0.25, -0.2) is 4.98 Å². The molecule has 10 aromatic rings. The van der Waals surface area contributed by atoms with Crippen molar-refractivity contribution in [1.82, 2.24) is 14.1 Å². The second-order valence-corrected chi connectivity index (χ2v) is 13.1. The molecule has 0 saturated heterocycles. The van der Waals surface area contributed by atoms with Crippen molar-refractivity contribution in [2.75, 3.05) is 0 Å². The van der Waals surface area contributed by atoms with Gasteiger partial charge in [-0.05, 0) is 65.7 Å². The Morgan fingerprint density at radius 2 is 1.00 bits per heavy atom. The molecule has 0 unspecified atom stereocenters. The Labute approximate surface area is 300 Å². The summed E-state index contributed by atoms with van der Waals surface area (Å²) in [5.74, 6) is 0. The lowest BCUT2D eigenvalue weighted by Gasteiger charge is -2.13. The molecule has 4 heteroatoms. The van der Waals surface area contributed by atoms with Gasteiger partial charge in [0, 0.05) is 38.4 Å². The number of pyridine rings is 1. The molecule has 7 aromatic carbocycles. The van der Waals surface area contributed by atoms with E-state index in [2.05, 4.69) is 161 Å². The lowest BCUT2D eigenvalue weighted by atomic mass is 10.00. The van der Waals surface area contributed by atoms with Crippen molar-refractivity contribution in [2.45, 2.75) is 0 Å². The number of fused-ring (bicyclic) bond motifs is 7. The Bertz CT molecular complexity index is 2940. The van der Waals surface area contributed by atoms with Crippen LogP contribution in [0.4, 0.5) is 0 Å². The fourth-order valence-electron chi connectivity index (χ4n) is 7.81. The molecule has 3 heterocycles. The van der Waals surface area contributed by atoms with Gasteiger partial charge in [-0.1, -0.05) is 127 Å². The molecule has 0 aliphatic carbocycles. The number of benzene rings is 7. The maximum absolute atomic E-state index is 10.1. The second-order valence-electron chi connectivity index (χ2n) is 13.1. The first-order valence-corrected chi connectivity index (χ1v) is 17.5. The van der Waals surface area contributed by atoms with E-state index >= 15 is 0 Å². The SMILES string of the molecule is N#Cc1ccccc1-n1c2ccccc2c2c1ccc1c3ccccc3n(-c3ccc(-c4cc(-c5ccccc5)nc(-c5ccccc5)c4)cc3)c12. The zero-order chi connectivity index (χ0) is 34.6. The smallest absolute Gasteiger partial charge is 0.101 e. The van der Waals surface area contributed by atoms with E-state index in [0.29, 0.717) is 5.56 Å². The molecule has 0 radical (unpaired) electrons. The molecule has 52 heavy (non-hydrogen) atoms. The molecule has 0 N–H and O–H groups in total. The molecule has 0 bridgehead atoms. The van der Waals surface area contributed by atoms with Gasteiger partial charge in [0.25, 0.3) is 0 Å². The first-order chi connectivity index (χ1) is 25.8. The molecule has 0 spiro atoms. The average molecular weight is 663 g/mol. The van der Waals surface area contributed by atoms with Gasteiger partial charge in [0.1, 0.15) is 6.07 Å². The fourth-order valence-corrected chi connectivity index (χ4v) is 7.81. The standard InChI is InChI=1S/C48H30N4/c49-31-35-17-7-10-20-43(35)52-45-22-12-9-19-40(45)47-46(52)28-27-39-38-18-8-11-21-44(38)51(48(39)47)37-25-23-32(24-26-37)36-29-41(33-13-3-1-4-14-33)50-42(30-36)34-15-5-2-6-16-34/h1-30H. The molecule has 0 amide bonds. The van der Waals surface area contributed by atoms with Crippen LogP contribution in [0.25, 0.3) is 88.6 Å². The van der Waals surface area contributed by atoms with Crippen LogP contribution in [0.2, 0.25) is 0 Å². The quantitative estimate of drug-likeness (QED) is 0.184. The van der Waals surface area contributed by atoms with Gasteiger partial charge in [-0.15, -0.1) is 0 Å². The van der Waals surface area contributed by atoms with Gasteiger partial charge in [0.2, 0.25) is 0 Å². The van der Waals surface area contributed by atoms with Crippen LogP contribution in [0.15, 0.2) is 182 Å². The van der Waals surface area contributed by atoms with E-state index in [-0.39, 0.29) is 0 Å². The molecular formula is C48H30N4. The van der Waals surface area contributed by atoms with Crippen LogP contribution < -0.4 is 0 Å². The largest absolute Gasteiger partial charge is 0.309 e. The van der Waals surface area contributed by atoms with E-state index in [1.165, 1.54) is 10.8 Å². The topological polar surface area (TPSA) is 46.5 Å². The summed E-state index contributed by atoms with van der Waals surface area (Å²) in [6.07, 6.45) is 0. The van der Waals surface area contributed by atoms with Crippen LogP contribution in [0.5, 0.6) is 0 Å². The lowest BCUT2D eigenvalue weighted by Crippen LogP contribution is -1.97. The van der Waals surface area contributed by atoms with Crippen LogP contribution in [0.3, 0.4) is 0 Å². The molecule has 3 aromatic heterocycles. The summed E-state index contributed by atoms with van der Waals surface area (Å²) in [6, 6.07) is 66.0. The van der Waals surface area contributed by atoms with Gasteiger partial charge in [-0.3, -0.25) is 0 Å². The predicted octanol–water partition coefficient (Wildman–Crippen LogP) is 12.1. The molecule has 10 rings (SSSR count). The van der Waals surface area contributed by atoms with Crippen molar-refractivity contribution in [3.8, 4) is 51.1 Å². The highest BCUT2D eigenvalue weighted by Crippen LogP contribution is 2.42. The molecule has 4 nitrogen and oxygen atoms in total. The van der Waals surface area contributed by atoms with Crippen LogP contribution in [0.1, 0.15) is 5.56 Å². The van der Waals surface area contributed by atoms with Gasteiger partial charge >= 0.3 is 0 Å². The molecule has 0 aliphatic heterocycles. The second kappa shape index (κ2) is 12.0. The molecule has 0 atom stereocenters. The van der Waals surface area contributed by atoms with E-state index < -0.39 is 0 Å². The maximum Gasteiger partial charge on any atom is 0.101 e. The van der Waals surface area contributed by atoms with Crippen LogP contribution in [0, 0.1) is 11.3 Å². The highest BCUT2D eigenvalue weighted by molar-refractivity contribution is 6.26. The molecule has 242 valence electrons. The Morgan fingerprint density at radius 3 is 1.67 bits per heavy atom. The van der Waals surface area contributed by atoms with Crippen molar-refractivity contribution in [1.29, 1.82) is 5.26 Å². The summed E-state index contributed by atoms with van der Waals surface area (Å²) in [5.41, 5.74) is 13.3. The van der Waals surface area contributed by atoms with E-state index in [1.54, 1.807) is 0 Å². The monoisotopic (exact) mass is 662 g/mol. The third-order valence-corrected chi connectivity index (χ3v) is 10.2. The number of hydrogen-bond donors (Lipinski definition) is 0. The van der Waals surface area contributed by atoms with Crippen LogP contribution in [-0.2, 0) is 0 Å². The number of hydrogen-bond acceptors (Lipinski definition) is 2. The Hall–Kier alpha value is -7.22. The fraction of sp³-hybridized carbons (Fsp3) is 0. The first kappa shape index (κ1) is 29.7. The van der Waals surface area contributed by atoms with Crippen LogP contribution in [-0.4, -0.2) is 14.1 Å². The van der Waals surface area contributed by atoms with Gasteiger partial charge < -0.3 is 9.13 Å². The van der Waals surface area contributed by atoms with Crippen molar-refractivity contribution >= 4 is 43.6 Å². The number of rotatable bonds is 5. The van der Waals surface area contributed by atoms with E-state index in [1.807, 2.05) is 36.4 Å². The number of aromatic nitrogens is 3. The molecular weight excluding hydrogens is 633 g/mol.